The second kappa shape index (κ2) is 13.0. The molecule has 3 aromatic rings. The summed E-state index contributed by atoms with van der Waals surface area (Å²) in [6, 6.07) is 13.8. The molecule has 0 saturated carbocycles. The number of ether oxygens (including phenoxy) is 6. The van der Waals surface area contributed by atoms with Crippen LogP contribution in [0.5, 0.6) is 5.75 Å². The molecule has 1 saturated heterocycles. The molecule has 42 heavy (non-hydrogen) atoms. The molecule has 4 atom stereocenters. The van der Waals surface area contributed by atoms with Crippen molar-refractivity contribution in [1.29, 1.82) is 0 Å². The quantitative estimate of drug-likeness (QED) is 0.194. The van der Waals surface area contributed by atoms with Crippen LogP contribution in [-0.4, -0.2) is 55.9 Å². The number of carbonyl (C=O) groups is 4. The first-order chi connectivity index (χ1) is 19.9. The average Bonchev–Trinajstić information content (AvgIpc) is 3.32. The number of thiophene rings is 1. The van der Waals surface area contributed by atoms with E-state index < -0.39 is 48.0 Å². The van der Waals surface area contributed by atoms with Gasteiger partial charge in [-0.3, -0.25) is 19.2 Å². The molecule has 0 bridgehead atoms. The summed E-state index contributed by atoms with van der Waals surface area (Å²) in [7, 11) is 1.41. The Bertz CT molecular complexity index is 1460. The molecule has 1 aliphatic heterocycles. The number of aryl methyl sites for hydroxylation is 1. The molecular weight excluding hydrogens is 564 g/mol. The Morgan fingerprint density at radius 2 is 1.67 bits per heavy atom. The molecule has 0 N–H and O–H groups in total. The van der Waals surface area contributed by atoms with Crippen molar-refractivity contribution in [2.24, 2.45) is 0 Å². The van der Waals surface area contributed by atoms with Gasteiger partial charge >= 0.3 is 23.9 Å². The van der Waals surface area contributed by atoms with Crippen LogP contribution < -0.4 is 4.74 Å². The van der Waals surface area contributed by atoms with Crippen molar-refractivity contribution >= 4 is 45.3 Å². The highest BCUT2D eigenvalue weighted by molar-refractivity contribution is 7.19. The number of hydrogen-bond donors (Lipinski definition) is 0. The lowest BCUT2D eigenvalue weighted by Gasteiger charge is -2.46. The topological polar surface area (TPSA) is 124 Å². The molecule has 224 valence electrons. The zero-order valence-electron chi connectivity index (χ0n) is 24.4. The van der Waals surface area contributed by atoms with E-state index in [0.717, 1.165) is 21.4 Å². The Balaban J connectivity index is 1.83. The van der Waals surface area contributed by atoms with Crippen LogP contribution in [0.4, 0.5) is 0 Å². The lowest BCUT2D eigenvalue weighted by molar-refractivity contribution is -0.326. The molecule has 1 fully saturated rings. The fourth-order valence-electron chi connectivity index (χ4n) is 5.15. The monoisotopic (exact) mass is 598 g/mol. The molecule has 0 radical (unpaired) electrons. The smallest absolute Gasteiger partial charge is 0.308 e. The van der Waals surface area contributed by atoms with Crippen LogP contribution in [-0.2, 0) is 55.1 Å². The minimum atomic E-state index is -1.64. The van der Waals surface area contributed by atoms with Gasteiger partial charge in [0.05, 0.1) is 5.56 Å². The standard InChI is InChI=1S/C31H34O10S/c1-17-11-26(38-19(3)33)25(14-23(17)13-24-12-22-9-7-8-10-29(22)42-24)31(36-6)15-27(39-20(4)34)30(40-21(5)35)28(41-31)16-37-18(2)32/h7-12,14,27-28,30H,13,15-16H2,1-6H3/t27-,28-,30+,31?/m1/s1. The first-order valence-corrected chi connectivity index (χ1v) is 14.2. The van der Waals surface area contributed by atoms with Crippen molar-refractivity contribution in [3.8, 4) is 5.75 Å². The van der Waals surface area contributed by atoms with Gasteiger partial charge in [-0.15, -0.1) is 11.3 Å². The van der Waals surface area contributed by atoms with E-state index in [4.69, 9.17) is 28.4 Å². The summed E-state index contributed by atoms with van der Waals surface area (Å²) >= 11 is 1.68. The van der Waals surface area contributed by atoms with E-state index in [1.807, 2.05) is 25.1 Å². The predicted molar refractivity (Wildman–Crippen MR) is 153 cm³/mol. The minimum Gasteiger partial charge on any atom is -0.463 e. The molecule has 2 aromatic carbocycles. The van der Waals surface area contributed by atoms with E-state index in [1.165, 1.54) is 39.5 Å². The number of esters is 4. The predicted octanol–water partition coefficient (Wildman–Crippen LogP) is 4.74. The van der Waals surface area contributed by atoms with Crippen LogP contribution in [0.15, 0.2) is 42.5 Å². The summed E-state index contributed by atoms with van der Waals surface area (Å²) in [5.74, 6) is -3.85. The van der Waals surface area contributed by atoms with Gasteiger partial charge in [0.2, 0.25) is 5.79 Å². The lowest BCUT2D eigenvalue weighted by Crippen LogP contribution is -2.58. The largest absolute Gasteiger partial charge is 0.463 e. The highest BCUT2D eigenvalue weighted by Gasteiger charge is 2.53. The molecule has 11 heteroatoms. The average molecular weight is 599 g/mol. The van der Waals surface area contributed by atoms with Gasteiger partial charge in [0.15, 0.2) is 6.10 Å². The summed E-state index contributed by atoms with van der Waals surface area (Å²) in [6.07, 6.45) is -2.77. The van der Waals surface area contributed by atoms with Crippen LogP contribution in [0, 0.1) is 6.92 Å². The molecular formula is C31H34O10S. The number of benzene rings is 2. The third-order valence-electron chi connectivity index (χ3n) is 6.89. The Morgan fingerprint density at radius 1 is 0.952 bits per heavy atom. The van der Waals surface area contributed by atoms with Gasteiger partial charge in [0, 0.05) is 57.2 Å². The van der Waals surface area contributed by atoms with Crippen LogP contribution in [0.2, 0.25) is 0 Å². The highest BCUT2D eigenvalue weighted by atomic mass is 32.1. The minimum absolute atomic E-state index is 0.114. The second-order valence-electron chi connectivity index (χ2n) is 10.1. The Morgan fingerprint density at radius 3 is 2.29 bits per heavy atom. The maximum Gasteiger partial charge on any atom is 0.308 e. The van der Waals surface area contributed by atoms with Gasteiger partial charge in [-0.05, 0) is 47.7 Å². The maximum absolute atomic E-state index is 12.2. The number of methoxy groups -OCH3 is 1. The number of hydrogen-bond acceptors (Lipinski definition) is 11. The molecule has 4 rings (SSSR count). The molecule has 0 spiro atoms. The van der Waals surface area contributed by atoms with Crippen molar-refractivity contribution in [2.45, 2.75) is 71.6 Å². The summed E-state index contributed by atoms with van der Waals surface area (Å²) < 4.78 is 35.6. The normalized spacial score (nSPS) is 21.9. The van der Waals surface area contributed by atoms with E-state index >= 15 is 0 Å². The molecule has 1 aliphatic rings. The van der Waals surface area contributed by atoms with E-state index in [2.05, 4.69) is 18.2 Å². The van der Waals surface area contributed by atoms with Crippen LogP contribution in [0.3, 0.4) is 0 Å². The first kappa shape index (κ1) is 31.1. The molecule has 0 aliphatic carbocycles. The zero-order valence-corrected chi connectivity index (χ0v) is 25.2. The van der Waals surface area contributed by atoms with Crippen molar-refractivity contribution in [1.82, 2.24) is 0 Å². The second-order valence-corrected chi connectivity index (χ2v) is 11.3. The summed E-state index contributed by atoms with van der Waals surface area (Å²) in [5, 5.41) is 1.14. The van der Waals surface area contributed by atoms with E-state index in [0.29, 0.717) is 12.0 Å². The molecule has 1 aromatic heterocycles. The van der Waals surface area contributed by atoms with Gasteiger partial charge in [0.1, 0.15) is 24.6 Å². The van der Waals surface area contributed by atoms with Crippen molar-refractivity contribution in [3.05, 3.63) is 64.0 Å². The maximum atomic E-state index is 12.2. The Labute approximate surface area is 247 Å². The Hall–Kier alpha value is -3.80. The zero-order chi connectivity index (χ0) is 30.6. The molecule has 0 amide bonds. The number of rotatable bonds is 9. The fourth-order valence-corrected chi connectivity index (χ4v) is 6.24. The van der Waals surface area contributed by atoms with Gasteiger partial charge in [-0.25, -0.2) is 0 Å². The van der Waals surface area contributed by atoms with Crippen LogP contribution in [0.1, 0.15) is 55.7 Å². The van der Waals surface area contributed by atoms with Gasteiger partial charge < -0.3 is 28.4 Å². The van der Waals surface area contributed by atoms with E-state index in [-0.39, 0.29) is 18.8 Å². The summed E-state index contributed by atoms with van der Waals surface area (Å²) in [4.78, 5) is 49.2. The Kier molecular flexibility index (Phi) is 9.65. The van der Waals surface area contributed by atoms with Crippen molar-refractivity contribution in [3.63, 3.8) is 0 Å². The third kappa shape index (κ3) is 7.15. The lowest BCUT2D eigenvalue weighted by atomic mass is 9.87. The van der Waals surface area contributed by atoms with Gasteiger partial charge in [-0.2, -0.15) is 0 Å². The SMILES string of the molecule is COC1(c2cc(Cc3cc4ccccc4s3)c(C)cc2OC(C)=O)C[C@@H](OC(C)=O)[C@H](OC(C)=O)[C@@H](COC(C)=O)O1. The van der Waals surface area contributed by atoms with Crippen LogP contribution >= 0.6 is 11.3 Å². The number of fused-ring (bicyclic) bond motifs is 1. The molecule has 1 unspecified atom stereocenters. The van der Waals surface area contributed by atoms with Gasteiger partial charge in [0.25, 0.3) is 0 Å². The van der Waals surface area contributed by atoms with E-state index in [1.54, 1.807) is 17.4 Å². The fraction of sp³-hybridized carbons (Fsp3) is 0.419. The van der Waals surface area contributed by atoms with E-state index in [9.17, 15) is 19.2 Å². The molecule has 10 nitrogen and oxygen atoms in total. The first-order valence-electron chi connectivity index (χ1n) is 13.4. The highest BCUT2D eigenvalue weighted by Crippen LogP contribution is 2.46. The van der Waals surface area contributed by atoms with Crippen LogP contribution in [0.25, 0.3) is 10.1 Å². The summed E-state index contributed by atoms with van der Waals surface area (Å²) in [5.41, 5.74) is 2.17. The van der Waals surface area contributed by atoms with Crippen molar-refractivity contribution in [2.75, 3.05) is 13.7 Å². The number of carbonyl (C=O) groups excluding carboxylic acids is 4. The third-order valence-corrected chi connectivity index (χ3v) is 8.00. The molecule has 2 heterocycles. The van der Waals surface area contributed by atoms with Crippen molar-refractivity contribution < 1.29 is 47.6 Å². The summed E-state index contributed by atoms with van der Waals surface area (Å²) in [6.45, 7) is 6.56. The van der Waals surface area contributed by atoms with Gasteiger partial charge in [-0.1, -0.05) is 18.2 Å².